The summed E-state index contributed by atoms with van der Waals surface area (Å²) >= 11 is 0. The van der Waals surface area contributed by atoms with Gasteiger partial charge in [-0.2, -0.15) is 0 Å². The second-order valence-electron chi connectivity index (χ2n) is 3.26. The van der Waals surface area contributed by atoms with E-state index in [0.717, 1.165) is 25.9 Å². The quantitative estimate of drug-likeness (QED) is 0.482. The highest BCUT2D eigenvalue weighted by Crippen LogP contribution is 2.35. The molecule has 1 saturated carbocycles. The summed E-state index contributed by atoms with van der Waals surface area (Å²) in [5.74, 6) is 0.211. The van der Waals surface area contributed by atoms with E-state index in [0.29, 0.717) is 6.42 Å². The minimum absolute atomic E-state index is 0.174. The molecular weight excluding hydrogens is 128 g/mol. The zero-order valence-electron chi connectivity index (χ0n) is 5.94. The third-order valence-electron chi connectivity index (χ3n) is 2.25. The number of rotatable bonds is 0. The third-order valence-corrected chi connectivity index (χ3v) is 2.25. The van der Waals surface area contributed by atoms with E-state index in [2.05, 4.69) is 10.6 Å². The van der Waals surface area contributed by atoms with E-state index < -0.39 is 0 Å². The van der Waals surface area contributed by atoms with Crippen LogP contribution in [0.25, 0.3) is 0 Å². The maximum absolute atomic E-state index is 11.0. The van der Waals surface area contributed by atoms with Gasteiger partial charge in [-0.05, 0) is 12.8 Å². The SMILES string of the molecule is O=C1CCNCC2(CC2)N1. The van der Waals surface area contributed by atoms with E-state index in [-0.39, 0.29) is 11.4 Å². The van der Waals surface area contributed by atoms with E-state index in [1.165, 1.54) is 0 Å². The summed E-state index contributed by atoms with van der Waals surface area (Å²) < 4.78 is 0. The number of amides is 1. The van der Waals surface area contributed by atoms with Gasteiger partial charge in [0.05, 0.1) is 5.54 Å². The van der Waals surface area contributed by atoms with E-state index in [1.807, 2.05) is 0 Å². The molecule has 1 aliphatic heterocycles. The van der Waals surface area contributed by atoms with Crippen molar-refractivity contribution in [1.29, 1.82) is 0 Å². The first-order valence-corrected chi connectivity index (χ1v) is 3.83. The van der Waals surface area contributed by atoms with Gasteiger partial charge in [0.25, 0.3) is 0 Å². The molecule has 3 nitrogen and oxygen atoms in total. The number of hydrogen-bond acceptors (Lipinski definition) is 2. The molecule has 0 unspecified atom stereocenters. The molecule has 56 valence electrons. The number of carbonyl (C=O) groups is 1. The fourth-order valence-corrected chi connectivity index (χ4v) is 1.38. The summed E-state index contributed by atoms with van der Waals surface area (Å²) in [5.41, 5.74) is 0.174. The normalized spacial score (nSPS) is 29.4. The second-order valence-corrected chi connectivity index (χ2v) is 3.26. The van der Waals surface area contributed by atoms with Gasteiger partial charge in [-0.3, -0.25) is 4.79 Å². The van der Waals surface area contributed by atoms with Gasteiger partial charge in [-0.25, -0.2) is 0 Å². The average Bonchev–Trinajstić information content (AvgIpc) is 2.64. The van der Waals surface area contributed by atoms with Crippen molar-refractivity contribution in [3.63, 3.8) is 0 Å². The van der Waals surface area contributed by atoms with Gasteiger partial charge in [0.2, 0.25) is 5.91 Å². The van der Waals surface area contributed by atoms with Crippen molar-refractivity contribution in [2.24, 2.45) is 0 Å². The summed E-state index contributed by atoms with van der Waals surface area (Å²) in [6.45, 7) is 1.81. The van der Waals surface area contributed by atoms with Crippen LogP contribution in [-0.4, -0.2) is 24.5 Å². The molecule has 1 heterocycles. The maximum Gasteiger partial charge on any atom is 0.221 e. The van der Waals surface area contributed by atoms with E-state index in [9.17, 15) is 4.79 Å². The highest BCUT2D eigenvalue weighted by Gasteiger charge is 2.44. The van der Waals surface area contributed by atoms with Crippen LogP contribution < -0.4 is 10.6 Å². The molecule has 10 heavy (non-hydrogen) atoms. The van der Waals surface area contributed by atoms with E-state index in [1.54, 1.807) is 0 Å². The molecule has 0 aromatic rings. The van der Waals surface area contributed by atoms with Gasteiger partial charge in [0.15, 0.2) is 0 Å². The lowest BCUT2D eigenvalue weighted by molar-refractivity contribution is -0.121. The molecule has 0 radical (unpaired) electrons. The van der Waals surface area contributed by atoms with Crippen LogP contribution in [0.2, 0.25) is 0 Å². The Labute approximate surface area is 60.2 Å². The summed E-state index contributed by atoms with van der Waals surface area (Å²) in [6.07, 6.45) is 2.96. The highest BCUT2D eigenvalue weighted by atomic mass is 16.1. The Morgan fingerprint density at radius 2 is 2.20 bits per heavy atom. The molecule has 0 bridgehead atoms. The zero-order valence-corrected chi connectivity index (χ0v) is 5.94. The minimum Gasteiger partial charge on any atom is -0.349 e. The molecular formula is C7H12N2O. The fourth-order valence-electron chi connectivity index (χ4n) is 1.38. The first-order chi connectivity index (χ1) is 4.81. The van der Waals surface area contributed by atoms with Crippen LogP contribution in [-0.2, 0) is 4.79 Å². The Bertz CT molecular complexity index is 163. The Balaban J connectivity index is 2.03. The van der Waals surface area contributed by atoms with Gasteiger partial charge >= 0.3 is 0 Å². The van der Waals surface area contributed by atoms with Crippen molar-refractivity contribution in [3.05, 3.63) is 0 Å². The molecule has 2 N–H and O–H groups in total. The van der Waals surface area contributed by atoms with Crippen LogP contribution in [0, 0.1) is 0 Å². The molecule has 0 aromatic carbocycles. The topological polar surface area (TPSA) is 41.1 Å². The molecule has 1 spiro atoms. The number of nitrogens with one attached hydrogen (secondary N) is 2. The molecule has 0 aromatic heterocycles. The summed E-state index contributed by atoms with van der Waals surface area (Å²) in [5, 5.41) is 6.27. The van der Waals surface area contributed by atoms with E-state index in [4.69, 9.17) is 0 Å². The van der Waals surface area contributed by atoms with Gasteiger partial charge in [0.1, 0.15) is 0 Å². The van der Waals surface area contributed by atoms with Crippen molar-refractivity contribution in [1.82, 2.24) is 10.6 Å². The van der Waals surface area contributed by atoms with Crippen LogP contribution in [0.4, 0.5) is 0 Å². The average molecular weight is 140 g/mol. The lowest BCUT2D eigenvalue weighted by Crippen LogP contribution is -2.39. The Morgan fingerprint density at radius 1 is 1.40 bits per heavy atom. The third kappa shape index (κ3) is 1.01. The van der Waals surface area contributed by atoms with Crippen LogP contribution in [0.15, 0.2) is 0 Å². The highest BCUT2D eigenvalue weighted by molar-refractivity contribution is 5.77. The predicted octanol–water partition coefficient (Wildman–Crippen LogP) is -0.372. The Kier molecular flexibility index (Phi) is 1.20. The number of hydrogen-bond donors (Lipinski definition) is 2. The standard InChI is InChI=1S/C7H12N2O/c10-6-1-4-8-5-7(9-6)2-3-7/h8H,1-5H2,(H,9,10). The molecule has 1 amide bonds. The van der Waals surface area contributed by atoms with E-state index >= 15 is 0 Å². The summed E-state index contributed by atoms with van der Waals surface area (Å²) in [4.78, 5) is 11.0. The summed E-state index contributed by atoms with van der Waals surface area (Å²) in [7, 11) is 0. The molecule has 2 rings (SSSR count). The van der Waals surface area contributed by atoms with Crippen LogP contribution in [0.5, 0.6) is 0 Å². The van der Waals surface area contributed by atoms with Crippen molar-refractivity contribution in [2.75, 3.05) is 13.1 Å². The predicted molar refractivity (Wildman–Crippen MR) is 37.6 cm³/mol. The van der Waals surface area contributed by atoms with Crippen molar-refractivity contribution >= 4 is 5.91 Å². The van der Waals surface area contributed by atoms with Gasteiger partial charge in [-0.15, -0.1) is 0 Å². The van der Waals surface area contributed by atoms with Crippen molar-refractivity contribution in [2.45, 2.75) is 24.8 Å². The van der Waals surface area contributed by atoms with Crippen molar-refractivity contribution in [3.8, 4) is 0 Å². The van der Waals surface area contributed by atoms with Crippen LogP contribution >= 0.6 is 0 Å². The number of carbonyl (C=O) groups excluding carboxylic acids is 1. The first kappa shape index (κ1) is 6.16. The van der Waals surface area contributed by atoms with Gasteiger partial charge in [0, 0.05) is 19.5 Å². The fraction of sp³-hybridized carbons (Fsp3) is 0.857. The minimum atomic E-state index is 0.174. The molecule has 1 saturated heterocycles. The monoisotopic (exact) mass is 140 g/mol. The smallest absolute Gasteiger partial charge is 0.221 e. The lowest BCUT2D eigenvalue weighted by atomic mass is 10.3. The molecule has 2 aliphatic rings. The van der Waals surface area contributed by atoms with Crippen LogP contribution in [0.3, 0.4) is 0 Å². The largest absolute Gasteiger partial charge is 0.349 e. The molecule has 1 aliphatic carbocycles. The van der Waals surface area contributed by atoms with Crippen molar-refractivity contribution < 1.29 is 4.79 Å². The van der Waals surface area contributed by atoms with Gasteiger partial charge < -0.3 is 10.6 Å². The van der Waals surface area contributed by atoms with Crippen LogP contribution in [0.1, 0.15) is 19.3 Å². The summed E-state index contributed by atoms with van der Waals surface area (Å²) in [6, 6.07) is 0. The molecule has 2 fully saturated rings. The lowest BCUT2D eigenvalue weighted by Gasteiger charge is -2.12. The Hall–Kier alpha value is -0.570. The first-order valence-electron chi connectivity index (χ1n) is 3.83. The Morgan fingerprint density at radius 3 is 2.90 bits per heavy atom. The second kappa shape index (κ2) is 1.95. The van der Waals surface area contributed by atoms with Gasteiger partial charge in [-0.1, -0.05) is 0 Å². The molecule has 3 heteroatoms. The zero-order chi connectivity index (χ0) is 7.03. The maximum atomic E-state index is 11.0. The molecule has 0 atom stereocenters.